The number of aliphatic hydroxyl groups is 1. The first kappa shape index (κ1) is 19.9. The van der Waals surface area contributed by atoms with Gasteiger partial charge in [-0.15, -0.1) is 0 Å². The first-order valence-electron chi connectivity index (χ1n) is 9.86. The van der Waals surface area contributed by atoms with Gasteiger partial charge in [0, 0.05) is 21.9 Å². The van der Waals surface area contributed by atoms with Gasteiger partial charge in [-0.25, -0.2) is 0 Å². The number of benzene rings is 3. The lowest BCUT2D eigenvalue weighted by Gasteiger charge is -2.41. The molecule has 5 heteroatoms. The van der Waals surface area contributed by atoms with Crippen molar-refractivity contribution in [1.82, 2.24) is 10.3 Å². The maximum absolute atomic E-state index is 13.2. The molecule has 3 N–H and O–H groups in total. The average molecular weight is 400 g/mol. The number of hydrogen-bond acceptors (Lipinski definition) is 3. The van der Waals surface area contributed by atoms with Crippen LogP contribution >= 0.6 is 0 Å². The third kappa shape index (κ3) is 3.27. The quantitative estimate of drug-likeness (QED) is 0.451. The molecule has 0 aliphatic carbocycles. The summed E-state index contributed by atoms with van der Waals surface area (Å²) in [5.74, 6) is -0.334. The normalized spacial score (nSPS) is 13.9. The van der Waals surface area contributed by atoms with Crippen LogP contribution in [0, 0.1) is 0 Å². The molecule has 4 aromatic rings. The van der Waals surface area contributed by atoms with E-state index >= 15 is 0 Å². The molecule has 0 aliphatic heterocycles. The summed E-state index contributed by atoms with van der Waals surface area (Å²) in [6.07, 6.45) is 0. The molecule has 0 aliphatic rings. The summed E-state index contributed by atoms with van der Waals surface area (Å²) in [5, 5.41) is 15.0. The number of fused-ring (bicyclic) bond motifs is 2. The standard InChI is InChI=1S/C25H24N2O3/c1-24(2,30)25(3,17-9-5-4-6-10-17)27-23(29)16-13-14-19-21(15-16)26-20-12-8-7-11-18(20)22(19)28/h4-15,30H,1-3H3,(H,26,28)(H,27,29). The van der Waals surface area contributed by atoms with Crippen molar-refractivity contribution in [3.63, 3.8) is 0 Å². The summed E-state index contributed by atoms with van der Waals surface area (Å²) in [4.78, 5) is 29.2. The average Bonchev–Trinajstić information content (AvgIpc) is 2.73. The fraction of sp³-hybridized carbons (Fsp3) is 0.200. The van der Waals surface area contributed by atoms with Gasteiger partial charge in [-0.2, -0.15) is 0 Å². The molecule has 30 heavy (non-hydrogen) atoms. The fourth-order valence-corrected chi connectivity index (χ4v) is 3.72. The van der Waals surface area contributed by atoms with Crippen molar-refractivity contribution in [3.8, 4) is 0 Å². The van der Waals surface area contributed by atoms with E-state index in [1.165, 1.54) is 0 Å². The Bertz CT molecular complexity index is 1300. The predicted molar refractivity (Wildman–Crippen MR) is 120 cm³/mol. The first-order valence-corrected chi connectivity index (χ1v) is 9.86. The molecule has 1 atom stereocenters. The predicted octanol–water partition coefficient (Wildman–Crippen LogP) is 4.10. The maximum atomic E-state index is 13.2. The molecule has 0 spiro atoms. The zero-order valence-corrected chi connectivity index (χ0v) is 17.2. The number of amides is 1. The van der Waals surface area contributed by atoms with E-state index in [0.29, 0.717) is 21.9 Å². The Morgan fingerprint density at radius 1 is 0.867 bits per heavy atom. The van der Waals surface area contributed by atoms with Crippen LogP contribution in [0.3, 0.4) is 0 Å². The molecule has 0 bridgehead atoms. The number of carbonyl (C=O) groups excluding carboxylic acids is 1. The van der Waals surface area contributed by atoms with Crippen LogP contribution in [-0.2, 0) is 5.54 Å². The zero-order chi connectivity index (χ0) is 21.5. The molecule has 5 nitrogen and oxygen atoms in total. The zero-order valence-electron chi connectivity index (χ0n) is 17.2. The third-order valence-electron chi connectivity index (χ3n) is 5.91. The Hall–Kier alpha value is -3.44. The molecular formula is C25H24N2O3. The molecule has 0 saturated heterocycles. The van der Waals surface area contributed by atoms with Gasteiger partial charge in [0.1, 0.15) is 0 Å². The highest BCUT2D eigenvalue weighted by molar-refractivity contribution is 6.00. The largest absolute Gasteiger partial charge is 0.388 e. The molecule has 4 rings (SSSR count). The molecule has 1 unspecified atom stereocenters. The lowest BCUT2D eigenvalue weighted by atomic mass is 9.78. The van der Waals surface area contributed by atoms with Crippen LogP contribution in [0.1, 0.15) is 36.7 Å². The van der Waals surface area contributed by atoms with Crippen molar-refractivity contribution >= 4 is 27.7 Å². The molecule has 152 valence electrons. The number of carbonyl (C=O) groups is 1. The van der Waals surface area contributed by atoms with Crippen molar-refractivity contribution in [3.05, 3.63) is 94.1 Å². The van der Waals surface area contributed by atoms with Crippen molar-refractivity contribution in [1.29, 1.82) is 0 Å². The van der Waals surface area contributed by atoms with E-state index in [1.807, 2.05) is 48.5 Å². The second-order valence-electron chi connectivity index (χ2n) is 8.26. The number of nitrogens with one attached hydrogen (secondary N) is 2. The number of para-hydroxylation sites is 1. The minimum absolute atomic E-state index is 0.0723. The minimum atomic E-state index is -1.22. The van der Waals surface area contributed by atoms with Gasteiger partial charge < -0.3 is 15.4 Å². The topological polar surface area (TPSA) is 82.2 Å². The Morgan fingerprint density at radius 3 is 2.20 bits per heavy atom. The molecule has 0 saturated carbocycles. The highest BCUT2D eigenvalue weighted by Crippen LogP contribution is 2.33. The van der Waals surface area contributed by atoms with Gasteiger partial charge >= 0.3 is 0 Å². The molecule has 3 aromatic carbocycles. The lowest BCUT2D eigenvalue weighted by Crippen LogP contribution is -2.57. The van der Waals surface area contributed by atoms with E-state index < -0.39 is 11.1 Å². The smallest absolute Gasteiger partial charge is 0.252 e. The van der Waals surface area contributed by atoms with Crippen LogP contribution in [0.2, 0.25) is 0 Å². The second-order valence-corrected chi connectivity index (χ2v) is 8.26. The van der Waals surface area contributed by atoms with E-state index in [9.17, 15) is 14.7 Å². The molecular weight excluding hydrogens is 376 g/mol. The van der Waals surface area contributed by atoms with Gasteiger partial charge in [0.2, 0.25) is 0 Å². The summed E-state index contributed by atoms with van der Waals surface area (Å²) in [6.45, 7) is 5.14. The molecule has 1 heterocycles. The SMILES string of the molecule is CC(C)(O)C(C)(NC(=O)c1ccc2c(=O)c3ccccc3[nH]c2c1)c1ccccc1. The van der Waals surface area contributed by atoms with Gasteiger partial charge in [0.05, 0.1) is 16.7 Å². The van der Waals surface area contributed by atoms with Crippen LogP contribution in [-0.4, -0.2) is 21.6 Å². The van der Waals surface area contributed by atoms with E-state index in [4.69, 9.17) is 0 Å². The second kappa shape index (κ2) is 7.11. The van der Waals surface area contributed by atoms with E-state index in [1.54, 1.807) is 45.0 Å². The molecule has 0 fully saturated rings. The number of rotatable bonds is 4. The summed E-state index contributed by atoms with van der Waals surface area (Å²) < 4.78 is 0. The van der Waals surface area contributed by atoms with E-state index in [0.717, 1.165) is 11.1 Å². The molecule has 0 radical (unpaired) electrons. The van der Waals surface area contributed by atoms with Crippen molar-refractivity contribution in [2.45, 2.75) is 31.9 Å². The van der Waals surface area contributed by atoms with Crippen LogP contribution < -0.4 is 10.7 Å². The van der Waals surface area contributed by atoms with Crippen molar-refractivity contribution in [2.24, 2.45) is 0 Å². The van der Waals surface area contributed by atoms with Gasteiger partial charge in [-0.3, -0.25) is 9.59 Å². The summed E-state index contributed by atoms with van der Waals surface area (Å²) in [5.41, 5.74) is 0.208. The van der Waals surface area contributed by atoms with Gasteiger partial charge in [0.25, 0.3) is 5.91 Å². The first-order chi connectivity index (χ1) is 14.2. The number of H-pyrrole nitrogens is 1. The number of hydrogen-bond donors (Lipinski definition) is 3. The highest BCUT2D eigenvalue weighted by Gasteiger charge is 2.42. The van der Waals surface area contributed by atoms with Crippen LogP contribution in [0.25, 0.3) is 21.8 Å². The van der Waals surface area contributed by atoms with Crippen LogP contribution in [0.15, 0.2) is 77.6 Å². The Kier molecular flexibility index (Phi) is 4.71. The summed E-state index contributed by atoms with van der Waals surface area (Å²) in [6, 6.07) is 21.7. The summed E-state index contributed by atoms with van der Waals surface area (Å²) in [7, 11) is 0. The number of aromatic nitrogens is 1. The number of aromatic amines is 1. The Balaban J connectivity index is 1.77. The fourth-order valence-electron chi connectivity index (χ4n) is 3.72. The minimum Gasteiger partial charge on any atom is -0.388 e. The number of pyridine rings is 1. The van der Waals surface area contributed by atoms with E-state index in [-0.39, 0.29) is 11.3 Å². The molecule has 1 amide bonds. The van der Waals surface area contributed by atoms with Crippen LogP contribution in [0.4, 0.5) is 0 Å². The molecule has 1 aromatic heterocycles. The maximum Gasteiger partial charge on any atom is 0.252 e. The highest BCUT2D eigenvalue weighted by atomic mass is 16.3. The van der Waals surface area contributed by atoms with Crippen LogP contribution in [0.5, 0.6) is 0 Å². The monoisotopic (exact) mass is 400 g/mol. The van der Waals surface area contributed by atoms with Crippen molar-refractivity contribution in [2.75, 3.05) is 0 Å². The lowest BCUT2D eigenvalue weighted by molar-refractivity contribution is -0.0141. The van der Waals surface area contributed by atoms with Gasteiger partial charge in [-0.05, 0) is 56.7 Å². The van der Waals surface area contributed by atoms with E-state index in [2.05, 4.69) is 10.3 Å². The van der Waals surface area contributed by atoms with Gasteiger partial charge in [-0.1, -0.05) is 42.5 Å². The van der Waals surface area contributed by atoms with Gasteiger partial charge in [0.15, 0.2) is 5.43 Å². The van der Waals surface area contributed by atoms with Crippen molar-refractivity contribution < 1.29 is 9.90 Å². The third-order valence-corrected chi connectivity index (χ3v) is 5.91. The Morgan fingerprint density at radius 2 is 1.50 bits per heavy atom. The Labute approximate surface area is 174 Å². The summed E-state index contributed by atoms with van der Waals surface area (Å²) >= 11 is 0.